The van der Waals surface area contributed by atoms with Gasteiger partial charge < -0.3 is 25.2 Å². The van der Waals surface area contributed by atoms with Crippen LogP contribution in [-0.2, 0) is 35.8 Å². The zero-order valence-electron chi connectivity index (χ0n) is 63.1. The second-order valence-corrected chi connectivity index (χ2v) is 32.7. The van der Waals surface area contributed by atoms with E-state index in [0.717, 1.165) is 67.8 Å². The summed E-state index contributed by atoms with van der Waals surface area (Å²) in [5.41, 5.74) is 12.5. The summed E-state index contributed by atoms with van der Waals surface area (Å²) in [5.74, 6) is 2.47. The quantitative estimate of drug-likeness (QED) is 0.0278. The Balaban J connectivity index is 1.08. The van der Waals surface area contributed by atoms with Gasteiger partial charge in [-0.25, -0.2) is 19.9 Å². The van der Waals surface area contributed by atoms with Gasteiger partial charge in [0, 0.05) is 69.7 Å². The molecule has 0 fully saturated rings. The Hall–Kier alpha value is -10.1. The highest BCUT2D eigenvalue weighted by molar-refractivity contribution is 7.86. The van der Waals surface area contributed by atoms with E-state index in [1.54, 1.807) is 53.7 Å². The van der Waals surface area contributed by atoms with Crippen molar-refractivity contribution in [2.75, 3.05) is 46.7 Å². The van der Waals surface area contributed by atoms with Crippen molar-refractivity contribution in [1.82, 2.24) is 48.2 Å². The predicted molar refractivity (Wildman–Crippen MR) is 410 cm³/mol. The Kier molecular flexibility index (Phi) is 22.0. The number of anilines is 8. The van der Waals surface area contributed by atoms with Crippen LogP contribution in [0.25, 0.3) is 10.3 Å². The number of pyridine rings is 2. The van der Waals surface area contributed by atoms with Crippen molar-refractivity contribution >= 4 is 112 Å². The number of nitrogens with one attached hydrogen (secondary N) is 2. The Morgan fingerprint density at radius 3 is 1.12 bits per heavy atom. The number of aryl methyl sites for hydroxylation is 14. The Bertz CT molecular complexity index is 5140. The fourth-order valence-corrected chi connectivity index (χ4v) is 16.7. The van der Waals surface area contributed by atoms with E-state index in [4.69, 9.17) is 45.4 Å². The minimum absolute atomic E-state index is 0.110. The third-order valence-electron chi connectivity index (χ3n) is 17.7. The van der Waals surface area contributed by atoms with E-state index in [0.29, 0.717) is 89.7 Å². The molecule has 6 heterocycles. The first-order chi connectivity index (χ1) is 49.1. The van der Waals surface area contributed by atoms with E-state index in [9.17, 15) is 36.5 Å². The van der Waals surface area contributed by atoms with Gasteiger partial charge in [-0.1, -0.05) is 89.1 Å². The third-order valence-corrected chi connectivity index (χ3v) is 21.5. The molecule has 105 heavy (non-hydrogen) atoms. The van der Waals surface area contributed by atoms with Crippen molar-refractivity contribution in [3.8, 4) is 22.4 Å². The molecule has 10 rings (SSSR count). The van der Waals surface area contributed by atoms with Crippen LogP contribution in [0.3, 0.4) is 0 Å². The van der Waals surface area contributed by atoms with Gasteiger partial charge in [-0.15, -0.1) is 20.5 Å². The molecule has 0 radical (unpaired) electrons. The normalized spacial score (nSPS) is 12.2. The number of hydrogen-bond acceptors (Lipinski definition) is 25. The van der Waals surface area contributed by atoms with Crippen LogP contribution in [0, 0.1) is 133 Å². The summed E-state index contributed by atoms with van der Waals surface area (Å²) in [6, 6.07) is 20.1. The highest BCUT2D eigenvalue weighted by Gasteiger charge is 2.33. The van der Waals surface area contributed by atoms with Crippen LogP contribution in [0.5, 0.6) is 0 Å². The van der Waals surface area contributed by atoms with E-state index in [2.05, 4.69) is 75.6 Å². The average Bonchev–Trinajstić information content (AvgIpc) is 1.65. The molecule has 0 aliphatic carbocycles. The molecule has 0 spiro atoms. The van der Waals surface area contributed by atoms with Crippen molar-refractivity contribution < 1.29 is 30.7 Å². The average molecular weight is 1500 g/mol. The molecule has 0 saturated carbocycles. The van der Waals surface area contributed by atoms with Crippen LogP contribution >= 0.6 is 23.1 Å². The molecule has 0 amide bonds. The smallest absolute Gasteiger partial charge is 0.295 e. The van der Waals surface area contributed by atoms with E-state index < -0.39 is 31.1 Å². The maximum Gasteiger partial charge on any atom is 0.295 e. The maximum atomic E-state index is 13.1. The van der Waals surface area contributed by atoms with Gasteiger partial charge in [-0.2, -0.15) is 55.7 Å². The fourth-order valence-electron chi connectivity index (χ4n) is 13.5. The second-order valence-electron chi connectivity index (χ2n) is 28.6. The lowest BCUT2D eigenvalue weighted by Gasteiger charge is -2.30. The van der Waals surface area contributed by atoms with E-state index in [1.807, 2.05) is 123 Å². The molecular formula is C74H86N20O7S4. The van der Waals surface area contributed by atoms with Gasteiger partial charge >= 0.3 is 0 Å². The molecule has 6 aromatic heterocycles. The van der Waals surface area contributed by atoms with Gasteiger partial charge in [-0.05, 0) is 190 Å². The first-order valence-corrected chi connectivity index (χ1v) is 38.1. The van der Waals surface area contributed by atoms with Gasteiger partial charge in [0.25, 0.3) is 20.2 Å². The molecule has 4 N–H and O–H groups in total. The predicted octanol–water partition coefficient (Wildman–Crippen LogP) is 17.6. The molecule has 31 heteroatoms. The third kappa shape index (κ3) is 16.1. The first kappa shape index (κ1) is 77.5. The fraction of sp³-hybridized carbons (Fsp3) is 0.378. The molecule has 0 atom stereocenters. The molecule has 0 saturated heterocycles. The van der Waals surface area contributed by atoms with Crippen molar-refractivity contribution in [2.24, 2.45) is 20.5 Å². The molecule has 0 unspecified atom stereocenters. The monoisotopic (exact) mass is 1490 g/mol. The SMILES string of the molecule is Cc1cc(C)c(N(CCOCCN(c2cc(C)c(N=Nc3c(C#N)c(C(C)(C)C)nn3-c3nc(C)ns3)c(Nc3c(C)cc(C)c(S(=O)(=O)O)c3C)n2)c2c(C)cc(C)cc2C)c2cc(C)c(N=Nc3c(C#N)c(C(C)(C)C)nn3-c3nc(C)ns3)c(Nc3c(C)cc(C)c(S(=O)(=O)O)c3C)n2)c(C)c1. The minimum Gasteiger partial charge on any atom is -0.378 e. The van der Waals surface area contributed by atoms with Crippen molar-refractivity contribution in [3.63, 3.8) is 0 Å². The lowest BCUT2D eigenvalue weighted by molar-refractivity contribution is 0.149. The number of nitriles is 2. The zero-order valence-corrected chi connectivity index (χ0v) is 66.3. The molecular weight excluding hydrogens is 1410 g/mol. The first-order valence-electron chi connectivity index (χ1n) is 33.7. The van der Waals surface area contributed by atoms with Crippen LogP contribution in [0.2, 0.25) is 0 Å². The number of benzene rings is 4. The van der Waals surface area contributed by atoms with Crippen molar-refractivity contribution in [2.45, 2.75) is 173 Å². The Morgan fingerprint density at radius 2 is 0.829 bits per heavy atom. The van der Waals surface area contributed by atoms with Crippen LogP contribution in [0.15, 0.2) is 78.8 Å². The Morgan fingerprint density at radius 1 is 0.486 bits per heavy atom. The highest BCUT2D eigenvalue weighted by atomic mass is 32.2. The van der Waals surface area contributed by atoms with E-state index in [-0.39, 0.29) is 93.0 Å². The van der Waals surface area contributed by atoms with Crippen molar-refractivity contribution in [3.05, 3.63) is 161 Å². The summed E-state index contributed by atoms with van der Waals surface area (Å²) in [7, 11) is -9.43. The summed E-state index contributed by atoms with van der Waals surface area (Å²) in [5, 5.41) is 58.2. The summed E-state index contributed by atoms with van der Waals surface area (Å²) in [6.07, 6.45) is 0. The minimum atomic E-state index is -4.72. The van der Waals surface area contributed by atoms with Crippen LogP contribution in [-0.4, -0.2) is 100 Å². The summed E-state index contributed by atoms with van der Waals surface area (Å²) in [4.78, 5) is 23.5. The zero-order chi connectivity index (χ0) is 77.0. The molecule has 27 nitrogen and oxygen atoms in total. The van der Waals surface area contributed by atoms with Gasteiger partial charge in [0.1, 0.15) is 67.7 Å². The molecule has 4 aromatic carbocycles. The summed E-state index contributed by atoms with van der Waals surface area (Å²) < 4.78 is 92.1. The number of nitrogens with zero attached hydrogens (tertiary/aromatic N) is 18. The Labute approximate surface area is 621 Å². The lowest BCUT2D eigenvalue weighted by atomic mass is 9.89. The summed E-state index contributed by atoms with van der Waals surface area (Å²) in [6.45, 7) is 41.9. The number of azo groups is 2. The highest BCUT2D eigenvalue weighted by Crippen LogP contribution is 2.45. The maximum absolute atomic E-state index is 13.1. The van der Waals surface area contributed by atoms with Crippen LogP contribution < -0.4 is 20.4 Å². The molecule has 0 aliphatic rings. The summed E-state index contributed by atoms with van der Waals surface area (Å²) >= 11 is 2.18. The number of ether oxygens (including phenoxy) is 1. The van der Waals surface area contributed by atoms with Crippen molar-refractivity contribution in [1.29, 1.82) is 10.5 Å². The van der Waals surface area contributed by atoms with E-state index >= 15 is 0 Å². The van der Waals surface area contributed by atoms with Gasteiger partial charge in [0.05, 0.1) is 24.6 Å². The number of aromatic nitrogens is 10. The van der Waals surface area contributed by atoms with Crippen LogP contribution in [0.4, 0.5) is 69.0 Å². The van der Waals surface area contributed by atoms with Gasteiger partial charge in [-0.3, -0.25) is 9.11 Å². The van der Waals surface area contributed by atoms with E-state index in [1.165, 1.54) is 9.36 Å². The molecule has 0 aliphatic heterocycles. The molecule has 10 aromatic rings. The lowest BCUT2D eigenvalue weighted by Crippen LogP contribution is -2.28. The van der Waals surface area contributed by atoms with Gasteiger partial charge in [0.15, 0.2) is 23.3 Å². The standard InChI is InChI=1S/C74H86N20O7S4/c1-37-27-43(7)61(44(8)28-37)91(55-33-41(5)59(67(79-55)81-57-39(3)31-47(11)63(49(57)13)104(95,96)97)83-85-69-53(35-75)65(73(17,18)19)87-93(69)71-77-51(15)89-102-71)23-25-101-26-24-92(62-45(9)29-38(2)30-46(62)10)56-34-42(6)60(68(80-56)82-58-40(4)32-48(12)64(50(58)14)105(98,99)100)84-86-70-54(36-76)66(74(20,21)22)88-94(70)72-78-52(16)90-103-72/h27-34H,23-26H2,1-22H3,(H,79,81)(H,80,82)(H,95,96,97)(H,98,99,100). The molecule has 548 valence electrons. The number of hydrogen-bond donors (Lipinski definition) is 4. The number of rotatable bonds is 22. The molecule has 0 bridgehead atoms. The topological polar surface area (TPSA) is 359 Å². The van der Waals surface area contributed by atoms with Crippen LogP contribution in [0.1, 0.15) is 154 Å². The van der Waals surface area contributed by atoms with Gasteiger partial charge in [0.2, 0.25) is 10.3 Å². The second kappa shape index (κ2) is 29.8. The largest absolute Gasteiger partial charge is 0.378 e.